The van der Waals surface area contributed by atoms with E-state index in [1.807, 2.05) is 12.1 Å². The fraction of sp³-hybridized carbons (Fsp3) is 0.625. The number of hydrogen-bond donors (Lipinski definition) is 1. The summed E-state index contributed by atoms with van der Waals surface area (Å²) in [6, 6.07) is 8.13. The van der Waals surface area contributed by atoms with E-state index in [9.17, 15) is 5.11 Å². The number of methoxy groups -OCH3 is 1. The molecular formula is C16H24O2. The monoisotopic (exact) mass is 248 g/mol. The van der Waals surface area contributed by atoms with Crippen LogP contribution in [-0.2, 0) is 6.42 Å². The van der Waals surface area contributed by atoms with E-state index in [1.165, 1.54) is 5.56 Å². The smallest absolute Gasteiger partial charge is 0.118 e. The molecule has 100 valence electrons. The van der Waals surface area contributed by atoms with Gasteiger partial charge in [-0.2, -0.15) is 0 Å². The van der Waals surface area contributed by atoms with Crippen molar-refractivity contribution in [2.75, 3.05) is 7.11 Å². The summed E-state index contributed by atoms with van der Waals surface area (Å²) in [7, 11) is 1.68. The lowest BCUT2D eigenvalue weighted by Gasteiger charge is -2.46. The predicted molar refractivity (Wildman–Crippen MR) is 73.8 cm³/mol. The maximum Gasteiger partial charge on any atom is 0.118 e. The van der Waals surface area contributed by atoms with Gasteiger partial charge in [-0.1, -0.05) is 26.0 Å². The van der Waals surface area contributed by atoms with Crippen LogP contribution in [0.4, 0.5) is 0 Å². The molecule has 1 saturated carbocycles. The Bertz CT molecular complexity index is 375. The molecule has 2 nitrogen and oxygen atoms in total. The summed E-state index contributed by atoms with van der Waals surface area (Å²) < 4.78 is 5.14. The Labute approximate surface area is 110 Å². The van der Waals surface area contributed by atoms with Crippen molar-refractivity contribution in [3.63, 3.8) is 0 Å². The lowest BCUT2D eigenvalue weighted by atomic mass is 9.64. The zero-order valence-corrected chi connectivity index (χ0v) is 11.6. The summed E-state index contributed by atoms with van der Waals surface area (Å²) in [5.41, 5.74) is 0.867. The molecule has 0 saturated heterocycles. The number of benzene rings is 1. The van der Waals surface area contributed by atoms with Crippen molar-refractivity contribution < 1.29 is 9.84 Å². The van der Waals surface area contributed by atoms with Crippen LogP contribution in [0.1, 0.15) is 38.7 Å². The molecule has 0 bridgehead atoms. The molecule has 2 rings (SSSR count). The Hall–Kier alpha value is -1.02. The van der Waals surface area contributed by atoms with Gasteiger partial charge in [0.2, 0.25) is 0 Å². The number of ether oxygens (including phenoxy) is 1. The van der Waals surface area contributed by atoms with Gasteiger partial charge in [-0.05, 0) is 55.2 Å². The van der Waals surface area contributed by atoms with Crippen molar-refractivity contribution in [1.29, 1.82) is 0 Å². The van der Waals surface area contributed by atoms with Crippen LogP contribution < -0.4 is 4.74 Å². The van der Waals surface area contributed by atoms with Gasteiger partial charge in [0.25, 0.3) is 0 Å². The van der Waals surface area contributed by atoms with Crippen molar-refractivity contribution in [3.05, 3.63) is 29.8 Å². The largest absolute Gasteiger partial charge is 0.497 e. The third-order valence-corrected chi connectivity index (χ3v) is 4.27. The summed E-state index contributed by atoms with van der Waals surface area (Å²) >= 11 is 0. The van der Waals surface area contributed by atoms with E-state index in [-0.39, 0.29) is 0 Å². The minimum Gasteiger partial charge on any atom is -0.497 e. The SMILES string of the molecule is COc1ccc(CCC2(O)CC(C(C)C)C2)cc1. The number of hydrogen-bond acceptors (Lipinski definition) is 2. The summed E-state index contributed by atoms with van der Waals surface area (Å²) in [6.45, 7) is 4.49. The van der Waals surface area contributed by atoms with Crippen molar-refractivity contribution >= 4 is 0 Å². The molecule has 1 aromatic carbocycles. The molecule has 0 heterocycles. The second-order valence-corrected chi connectivity index (χ2v) is 5.98. The predicted octanol–water partition coefficient (Wildman–Crippen LogP) is 3.42. The molecule has 0 aliphatic heterocycles. The molecule has 2 heteroatoms. The Morgan fingerprint density at radius 2 is 1.89 bits per heavy atom. The molecule has 18 heavy (non-hydrogen) atoms. The van der Waals surface area contributed by atoms with Gasteiger partial charge in [0.1, 0.15) is 5.75 Å². The maximum atomic E-state index is 10.4. The molecule has 0 spiro atoms. The van der Waals surface area contributed by atoms with Crippen LogP contribution in [0.2, 0.25) is 0 Å². The van der Waals surface area contributed by atoms with Crippen LogP contribution in [-0.4, -0.2) is 17.8 Å². The number of aryl methyl sites for hydroxylation is 1. The molecule has 0 amide bonds. The molecule has 1 aromatic rings. The average molecular weight is 248 g/mol. The molecule has 0 radical (unpaired) electrons. The minimum absolute atomic E-state index is 0.408. The highest BCUT2D eigenvalue weighted by Crippen LogP contribution is 2.44. The minimum atomic E-state index is -0.408. The number of aliphatic hydroxyl groups is 1. The normalized spacial score (nSPS) is 27.1. The highest BCUT2D eigenvalue weighted by molar-refractivity contribution is 5.27. The topological polar surface area (TPSA) is 29.5 Å². The van der Waals surface area contributed by atoms with Gasteiger partial charge >= 0.3 is 0 Å². The van der Waals surface area contributed by atoms with E-state index in [0.717, 1.165) is 31.4 Å². The van der Waals surface area contributed by atoms with Gasteiger partial charge in [0, 0.05) is 0 Å². The van der Waals surface area contributed by atoms with Gasteiger partial charge in [0.15, 0.2) is 0 Å². The molecule has 0 aromatic heterocycles. The Morgan fingerprint density at radius 1 is 1.28 bits per heavy atom. The lowest BCUT2D eigenvalue weighted by Crippen LogP contribution is -2.46. The van der Waals surface area contributed by atoms with E-state index in [0.29, 0.717) is 11.8 Å². The highest BCUT2D eigenvalue weighted by Gasteiger charge is 2.42. The first kappa shape index (κ1) is 13.4. The van der Waals surface area contributed by atoms with E-state index >= 15 is 0 Å². The van der Waals surface area contributed by atoms with Crippen molar-refractivity contribution in [2.24, 2.45) is 11.8 Å². The van der Waals surface area contributed by atoms with Gasteiger partial charge < -0.3 is 9.84 Å². The quantitative estimate of drug-likeness (QED) is 0.865. The molecule has 1 aliphatic rings. The van der Waals surface area contributed by atoms with E-state index in [1.54, 1.807) is 7.11 Å². The van der Waals surface area contributed by atoms with Crippen LogP contribution in [0.3, 0.4) is 0 Å². The second kappa shape index (κ2) is 5.31. The fourth-order valence-electron chi connectivity index (χ4n) is 2.76. The van der Waals surface area contributed by atoms with Gasteiger partial charge in [0.05, 0.1) is 12.7 Å². The zero-order valence-electron chi connectivity index (χ0n) is 11.6. The second-order valence-electron chi connectivity index (χ2n) is 5.98. The van der Waals surface area contributed by atoms with E-state index in [4.69, 9.17) is 4.74 Å². The first-order valence-corrected chi connectivity index (χ1v) is 6.88. The molecule has 1 aliphatic carbocycles. The molecule has 1 N–H and O–H groups in total. The summed E-state index contributed by atoms with van der Waals surface area (Å²) in [6.07, 6.45) is 3.77. The molecular weight excluding hydrogens is 224 g/mol. The summed E-state index contributed by atoms with van der Waals surface area (Å²) in [5, 5.41) is 10.4. The maximum absolute atomic E-state index is 10.4. The Balaban J connectivity index is 1.81. The average Bonchev–Trinajstić information content (AvgIpc) is 2.33. The third kappa shape index (κ3) is 3.05. The molecule has 0 unspecified atom stereocenters. The van der Waals surface area contributed by atoms with Crippen LogP contribution in [0.5, 0.6) is 5.75 Å². The van der Waals surface area contributed by atoms with Crippen LogP contribution in [0.15, 0.2) is 24.3 Å². The first-order chi connectivity index (χ1) is 8.52. The van der Waals surface area contributed by atoms with Crippen LogP contribution in [0, 0.1) is 11.8 Å². The van der Waals surface area contributed by atoms with Crippen LogP contribution in [0.25, 0.3) is 0 Å². The van der Waals surface area contributed by atoms with Gasteiger partial charge in [-0.25, -0.2) is 0 Å². The summed E-state index contributed by atoms with van der Waals surface area (Å²) in [4.78, 5) is 0. The Morgan fingerprint density at radius 3 is 2.39 bits per heavy atom. The molecule has 0 atom stereocenters. The standard InChI is InChI=1S/C16H24O2/c1-12(2)14-10-16(17,11-14)9-8-13-4-6-15(18-3)7-5-13/h4-7,12,14,17H,8-11H2,1-3H3. The third-order valence-electron chi connectivity index (χ3n) is 4.27. The molecule has 1 fully saturated rings. The lowest BCUT2D eigenvalue weighted by molar-refractivity contribution is -0.0920. The zero-order chi connectivity index (χ0) is 13.2. The van der Waals surface area contributed by atoms with E-state index in [2.05, 4.69) is 26.0 Å². The van der Waals surface area contributed by atoms with E-state index < -0.39 is 5.60 Å². The van der Waals surface area contributed by atoms with Gasteiger partial charge in [-0.15, -0.1) is 0 Å². The number of rotatable bonds is 5. The van der Waals surface area contributed by atoms with Crippen molar-refractivity contribution in [1.82, 2.24) is 0 Å². The fourth-order valence-corrected chi connectivity index (χ4v) is 2.76. The van der Waals surface area contributed by atoms with Crippen LogP contribution >= 0.6 is 0 Å². The van der Waals surface area contributed by atoms with Crippen molar-refractivity contribution in [2.45, 2.75) is 45.1 Å². The van der Waals surface area contributed by atoms with Crippen molar-refractivity contribution in [3.8, 4) is 5.75 Å². The summed E-state index contributed by atoms with van der Waals surface area (Å²) in [5.74, 6) is 2.30. The first-order valence-electron chi connectivity index (χ1n) is 6.88. The Kier molecular flexibility index (Phi) is 3.96. The van der Waals surface area contributed by atoms with Gasteiger partial charge in [-0.3, -0.25) is 0 Å². The highest BCUT2D eigenvalue weighted by atomic mass is 16.5.